The van der Waals surface area contributed by atoms with E-state index in [0.717, 1.165) is 28.2 Å². The zero-order valence-electron chi connectivity index (χ0n) is 10.4. The van der Waals surface area contributed by atoms with E-state index in [0.29, 0.717) is 0 Å². The maximum atomic E-state index is 5.36. The third kappa shape index (κ3) is 2.31. The first-order chi connectivity index (χ1) is 8.78. The standard InChI is InChI=1S/C16H14O2/c1-4-12-5-7-13(8-6-12)15-11-14(17-2)9-10-16(15)18-3/h1,5-11H,2-3H3. The van der Waals surface area contributed by atoms with Crippen LogP contribution in [0.1, 0.15) is 5.56 Å². The molecular formula is C16H14O2. The van der Waals surface area contributed by atoms with Gasteiger partial charge >= 0.3 is 0 Å². The van der Waals surface area contributed by atoms with Gasteiger partial charge in [-0.25, -0.2) is 0 Å². The zero-order valence-corrected chi connectivity index (χ0v) is 10.4. The molecule has 0 radical (unpaired) electrons. The van der Waals surface area contributed by atoms with Crippen molar-refractivity contribution in [2.24, 2.45) is 0 Å². The highest BCUT2D eigenvalue weighted by Crippen LogP contribution is 2.33. The number of hydrogen-bond donors (Lipinski definition) is 0. The van der Waals surface area contributed by atoms with E-state index in [1.165, 1.54) is 0 Å². The van der Waals surface area contributed by atoms with Gasteiger partial charge < -0.3 is 9.47 Å². The van der Waals surface area contributed by atoms with Gasteiger partial charge in [0.1, 0.15) is 11.5 Å². The lowest BCUT2D eigenvalue weighted by atomic mass is 10.0. The molecule has 0 aromatic heterocycles. The minimum absolute atomic E-state index is 0.798. The molecule has 0 amide bonds. The summed E-state index contributed by atoms with van der Waals surface area (Å²) in [7, 11) is 3.30. The lowest BCUT2D eigenvalue weighted by molar-refractivity contribution is 0.404. The summed E-state index contributed by atoms with van der Waals surface area (Å²) in [6.07, 6.45) is 5.35. The highest BCUT2D eigenvalue weighted by Gasteiger charge is 2.07. The van der Waals surface area contributed by atoms with Crippen LogP contribution < -0.4 is 9.47 Å². The van der Waals surface area contributed by atoms with E-state index in [1.807, 2.05) is 42.5 Å². The van der Waals surface area contributed by atoms with Crippen molar-refractivity contribution in [3.8, 4) is 35.0 Å². The smallest absolute Gasteiger partial charge is 0.126 e. The normalized spacial score (nSPS) is 9.61. The predicted octanol–water partition coefficient (Wildman–Crippen LogP) is 3.35. The van der Waals surface area contributed by atoms with Gasteiger partial charge in [-0.2, -0.15) is 0 Å². The third-order valence-corrected chi connectivity index (χ3v) is 2.77. The highest BCUT2D eigenvalue weighted by molar-refractivity contribution is 5.72. The van der Waals surface area contributed by atoms with Crippen LogP contribution in [0.5, 0.6) is 11.5 Å². The van der Waals surface area contributed by atoms with E-state index in [2.05, 4.69) is 5.92 Å². The van der Waals surface area contributed by atoms with Gasteiger partial charge in [0.05, 0.1) is 14.2 Å². The van der Waals surface area contributed by atoms with Crippen molar-refractivity contribution in [2.45, 2.75) is 0 Å². The van der Waals surface area contributed by atoms with Gasteiger partial charge in [0, 0.05) is 11.1 Å². The minimum atomic E-state index is 0.798. The quantitative estimate of drug-likeness (QED) is 0.763. The average Bonchev–Trinajstić information content (AvgIpc) is 2.46. The molecule has 0 aliphatic carbocycles. The van der Waals surface area contributed by atoms with E-state index >= 15 is 0 Å². The van der Waals surface area contributed by atoms with Crippen LogP contribution >= 0.6 is 0 Å². The molecule has 0 spiro atoms. The van der Waals surface area contributed by atoms with E-state index in [-0.39, 0.29) is 0 Å². The summed E-state index contributed by atoms with van der Waals surface area (Å²) in [6, 6.07) is 13.5. The molecule has 0 unspecified atom stereocenters. The van der Waals surface area contributed by atoms with Crippen molar-refractivity contribution in [3.05, 3.63) is 48.0 Å². The Balaban J connectivity index is 2.50. The van der Waals surface area contributed by atoms with Gasteiger partial charge in [0.15, 0.2) is 0 Å². The fourth-order valence-corrected chi connectivity index (χ4v) is 1.79. The number of rotatable bonds is 3. The summed E-state index contributed by atoms with van der Waals surface area (Å²) in [5, 5.41) is 0. The molecule has 0 N–H and O–H groups in total. The number of ether oxygens (including phenoxy) is 2. The van der Waals surface area contributed by atoms with Gasteiger partial charge in [0.2, 0.25) is 0 Å². The second-order valence-corrected chi connectivity index (χ2v) is 3.79. The van der Waals surface area contributed by atoms with Gasteiger partial charge in [0.25, 0.3) is 0 Å². The Hall–Kier alpha value is -2.40. The SMILES string of the molecule is C#Cc1ccc(-c2cc(OC)ccc2OC)cc1. The molecule has 2 heteroatoms. The van der Waals surface area contributed by atoms with E-state index in [9.17, 15) is 0 Å². The molecule has 0 aliphatic rings. The first kappa shape index (κ1) is 12.1. The van der Waals surface area contributed by atoms with E-state index in [4.69, 9.17) is 15.9 Å². The van der Waals surface area contributed by atoms with Gasteiger partial charge in [-0.1, -0.05) is 18.1 Å². The molecule has 0 atom stereocenters. The average molecular weight is 238 g/mol. The maximum absolute atomic E-state index is 5.36. The van der Waals surface area contributed by atoms with Crippen molar-refractivity contribution in [1.29, 1.82) is 0 Å². The van der Waals surface area contributed by atoms with E-state index < -0.39 is 0 Å². The summed E-state index contributed by atoms with van der Waals surface area (Å²) < 4.78 is 10.6. The second kappa shape index (κ2) is 5.29. The molecule has 0 saturated carbocycles. The molecule has 2 nitrogen and oxygen atoms in total. The fraction of sp³-hybridized carbons (Fsp3) is 0.125. The van der Waals surface area contributed by atoms with Crippen molar-refractivity contribution in [2.75, 3.05) is 14.2 Å². The Morgan fingerprint density at radius 2 is 1.67 bits per heavy atom. The van der Waals surface area contributed by atoms with Crippen LogP contribution in [0.2, 0.25) is 0 Å². The molecule has 2 aromatic carbocycles. The third-order valence-electron chi connectivity index (χ3n) is 2.77. The lowest BCUT2D eigenvalue weighted by Gasteiger charge is -2.10. The van der Waals surface area contributed by atoms with Crippen molar-refractivity contribution in [3.63, 3.8) is 0 Å². The van der Waals surface area contributed by atoms with E-state index in [1.54, 1.807) is 14.2 Å². The summed E-state index contributed by atoms with van der Waals surface area (Å²) in [5.74, 6) is 4.21. The summed E-state index contributed by atoms with van der Waals surface area (Å²) in [6.45, 7) is 0. The monoisotopic (exact) mass is 238 g/mol. The zero-order chi connectivity index (χ0) is 13.0. The molecule has 0 bridgehead atoms. The maximum Gasteiger partial charge on any atom is 0.126 e. The van der Waals surface area contributed by atoms with Crippen LogP contribution in [0.4, 0.5) is 0 Å². The second-order valence-electron chi connectivity index (χ2n) is 3.79. The van der Waals surface area contributed by atoms with Crippen molar-refractivity contribution >= 4 is 0 Å². The van der Waals surface area contributed by atoms with Crippen LogP contribution in [-0.4, -0.2) is 14.2 Å². The molecule has 2 aromatic rings. The molecule has 2 rings (SSSR count). The van der Waals surface area contributed by atoms with Crippen molar-refractivity contribution in [1.82, 2.24) is 0 Å². The molecule has 18 heavy (non-hydrogen) atoms. The summed E-state index contributed by atoms with van der Waals surface area (Å²) in [4.78, 5) is 0. The first-order valence-electron chi connectivity index (χ1n) is 5.57. The number of methoxy groups -OCH3 is 2. The molecule has 90 valence electrons. The Morgan fingerprint density at radius 1 is 0.944 bits per heavy atom. The Bertz CT molecular complexity index is 577. The Morgan fingerprint density at radius 3 is 2.22 bits per heavy atom. The lowest BCUT2D eigenvalue weighted by Crippen LogP contribution is -1.90. The highest BCUT2D eigenvalue weighted by atomic mass is 16.5. The minimum Gasteiger partial charge on any atom is -0.497 e. The fourth-order valence-electron chi connectivity index (χ4n) is 1.79. The van der Waals surface area contributed by atoms with Crippen LogP contribution in [0, 0.1) is 12.3 Å². The summed E-state index contributed by atoms with van der Waals surface area (Å²) >= 11 is 0. The number of benzene rings is 2. The Kier molecular flexibility index (Phi) is 3.54. The molecule has 0 saturated heterocycles. The number of terminal acetylenes is 1. The predicted molar refractivity (Wildman–Crippen MR) is 72.9 cm³/mol. The molecule has 0 fully saturated rings. The Labute approximate surface area is 107 Å². The molecular weight excluding hydrogens is 224 g/mol. The van der Waals surface area contributed by atoms with Crippen LogP contribution in [0.3, 0.4) is 0 Å². The molecule has 0 heterocycles. The largest absolute Gasteiger partial charge is 0.497 e. The summed E-state index contributed by atoms with van der Waals surface area (Å²) in [5.41, 5.74) is 2.89. The van der Waals surface area contributed by atoms with Gasteiger partial charge in [-0.05, 0) is 35.9 Å². The van der Waals surface area contributed by atoms with Crippen molar-refractivity contribution < 1.29 is 9.47 Å². The van der Waals surface area contributed by atoms with Crippen LogP contribution in [0.15, 0.2) is 42.5 Å². The van der Waals surface area contributed by atoms with Crippen LogP contribution in [0.25, 0.3) is 11.1 Å². The van der Waals surface area contributed by atoms with Gasteiger partial charge in [-0.15, -0.1) is 6.42 Å². The first-order valence-corrected chi connectivity index (χ1v) is 5.57. The molecule has 0 aliphatic heterocycles. The van der Waals surface area contributed by atoms with Gasteiger partial charge in [-0.3, -0.25) is 0 Å². The topological polar surface area (TPSA) is 18.5 Å². The number of hydrogen-bond acceptors (Lipinski definition) is 2. The van der Waals surface area contributed by atoms with Crippen LogP contribution in [-0.2, 0) is 0 Å².